The fraction of sp³-hybridized carbons (Fsp3) is 0.286. The van der Waals surface area contributed by atoms with Gasteiger partial charge >= 0.3 is 0 Å². The standard InChI is InChI=1S/C14H15FNO4P/c1-3-8-13(20-2)6-11-9(14(8)15)4-5-10(16-11)12(17)7-21(18)19/h4-6,18-19H,3,7H2,1-2H3. The normalized spacial score (nSPS) is 11.1. The first kappa shape index (κ1) is 15.8. The van der Waals surface area contributed by atoms with E-state index in [0.717, 1.165) is 0 Å². The summed E-state index contributed by atoms with van der Waals surface area (Å²) in [6, 6.07) is 4.44. The molecule has 0 aliphatic carbocycles. The second kappa shape index (κ2) is 6.43. The number of carbonyl (C=O) groups is 1. The number of fused-ring (bicyclic) bond motifs is 1. The zero-order chi connectivity index (χ0) is 15.6. The van der Waals surface area contributed by atoms with Gasteiger partial charge in [-0.1, -0.05) is 6.92 Å². The molecule has 0 aliphatic rings. The average Bonchev–Trinajstić information content (AvgIpc) is 2.45. The topological polar surface area (TPSA) is 79.7 Å². The first-order chi connectivity index (χ1) is 9.97. The molecule has 0 unspecified atom stereocenters. The van der Waals surface area contributed by atoms with Gasteiger partial charge in [0.2, 0.25) is 0 Å². The van der Waals surface area contributed by atoms with Crippen molar-refractivity contribution in [1.29, 1.82) is 0 Å². The van der Waals surface area contributed by atoms with Gasteiger partial charge in [0.15, 0.2) is 14.2 Å². The van der Waals surface area contributed by atoms with E-state index in [2.05, 4.69) is 4.98 Å². The summed E-state index contributed by atoms with van der Waals surface area (Å²) in [5.74, 6) is -0.525. The third-order valence-corrected chi connectivity index (χ3v) is 3.71. The number of hydrogen-bond acceptors (Lipinski definition) is 5. The van der Waals surface area contributed by atoms with Gasteiger partial charge in [-0.3, -0.25) is 4.79 Å². The maximum atomic E-state index is 14.4. The van der Waals surface area contributed by atoms with Crippen LogP contribution in [-0.4, -0.2) is 33.8 Å². The van der Waals surface area contributed by atoms with E-state index in [0.29, 0.717) is 28.6 Å². The van der Waals surface area contributed by atoms with Crippen molar-refractivity contribution >= 4 is 25.1 Å². The van der Waals surface area contributed by atoms with Gasteiger partial charge in [-0.05, 0) is 18.6 Å². The first-order valence-corrected chi connectivity index (χ1v) is 7.75. The number of ketones is 1. The number of rotatable bonds is 5. The van der Waals surface area contributed by atoms with Gasteiger partial charge < -0.3 is 14.5 Å². The van der Waals surface area contributed by atoms with Crippen LogP contribution in [0.5, 0.6) is 5.75 Å². The third kappa shape index (κ3) is 3.18. The lowest BCUT2D eigenvalue weighted by Gasteiger charge is -2.11. The molecule has 0 saturated heterocycles. The van der Waals surface area contributed by atoms with Crippen molar-refractivity contribution in [2.75, 3.05) is 13.3 Å². The zero-order valence-electron chi connectivity index (χ0n) is 11.6. The predicted molar refractivity (Wildman–Crippen MR) is 78.2 cm³/mol. The van der Waals surface area contributed by atoms with Crippen molar-refractivity contribution in [3.05, 3.63) is 35.3 Å². The molecule has 0 fully saturated rings. The summed E-state index contributed by atoms with van der Waals surface area (Å²) in [5, 5.41) is 0.305. The van der Waals surface area contributed by atoms with E-state index < -0.39 is 20.0 Å². The van der Waals surface area contributed by atoms with Gasteiger partial charge in [-0.25, -0.2) is 9.37 Å². The van der Waals surface area contributed by atoms with E-state index in [9.17, 15) is 9.18 Å². The molecule has 0 spiro atoms. The number of methoxy groups -OCH3 is 1. The minimum atomic E-state index is -2.32. The molecule has 1 aromatic heterocycles. The van der Waals surface area contributed by atoms with Gasteiger partial charge in [0.1, 0.15) is 17.3 Å². The van der Waals surface area contributed by atoms with E-state index in [1.165, 1.54) is 19.2 Å². The van der Waals surface area contributed by atoms with E-state index in [1.54, 1.807) is 6.07 Å². The number of benzene rings is 1. The van der Waals surface area contributed by atoms with Crippen LogP contribution < -0.4 is 4.74 Å². The van der Waals surface area contributed by atoms with Gasteiger partial charge in [0.05, 0.1) is 18.8 Å². The Hall–Kier alpha value is -1.62. The molecular weight excluding hydrogens is 296 g/mol. The monoisotopic (exact) mass is 311 g/mol. The SMILES string of the molecule is CCc1c(OC)cc2nc(C(=O)CP(O)O)ccc2c1F. The molecule has 2 rings (SSSR count). The van der Waals surface area contributed by atoms with Crippen LogP contribution in [0.25, 0.3) is 10.9 Å². The van der Waals surface area contributed by atoms with Gasteiger partial charge in [-0.2, -0.15) is 0 Å². The van der Waals surface area contributed by atoms with Crippen LogP contribution in [0.3, 0.4) is 0 Å². The Labute approximate surface area is 122 Å². The molecule has 1 heterocycles. The molecule has 0 bridgehead atoms. The number of Topliss-reactive ketones (excluding diaryl/α,β-unsaturated/α-hetero) is 1. The summed E-state index contributed by atoms with van der Waals surface area (Å²) in [7, 11) is -0.874. The summed E-state index contributed by atoms with van der Waals surface area (Å²) >= 11 is 0. The van der Waals surface area contributed by atoms with Crippen LogP contribution in [-0.2, 0) is 6.42 Å². The Morgan fingerprint density at radius 2 is 2.14 bits per heavy atom. The van der Waals surface area contributed by atoms with Crippen LogP contribution >= 0.6 is 8.38 Å². The second-order valence-corrected chi connectivity index (χ2v) is 5.50. The lowest BCUT2D eigenvalue weighted by molar-refractivity contribution is 0.101. The molecule has 2 aromatic rings. The minimum absolute atomic E-state index is 0.0730. The summed E-state index contributed by atoms with van der Waals surface area (Å²) in [6.45, 7) is 1.82. The number of nitrogens with zero attached hydrogens (tertiary/aromatic N) is 1. The quantitative estimate of drug-likeness (QED) is 0.655. The smallest absolute Gasteiger partial charge is 0.190 e. The van der Waals surface area contributed by atoms with Crippen molar-refractivity contribution in [3.8, 4) is 5.75 Å². The summed E-state index contributed by atoms with van der Waals surface area (Å²) < 4.78 is 19.5. The van der Waals surface area contributed by atoms with Crippen molar-refractivity contribution < 1.29 is 23.7 Å². The van der Waals surface area contributed by atoms with E-state index in [1.807, 2.05) is 6.92 Å². The van der Waals surface area contributed by atoms with Crippen molar-refractivity contribution in [2.45, 2.75) is 13.3 Å². The lowest BCUT2D eigenvalue weighted by Crippen LogP contribution is -2.07. The highest BCUT2D eigenvalue weighted by molar-refractivity contribution is 7.46. The molecule has 0 aliphatic heterocycles. The van der Waals surface area contributed by atoms with Crippen LogP contribution in [0.1, 0.15) is 23.0 Å². The highest BCUT2D eigenvalue weighted by atomic mass is 31.2. The van der Waals surface area contributed by atoms with E-state index in [4.69, 9.17) is 14.5 Å². The number of carbonyl (C=O) groups excluding carboxylic acids is 1. The first-order valence-electron chi connectivity index (χ1n) is 6.32. The molecule has 21 heavy (non-hydrogen) atoms. The Morgan fingerprint density at radius 3 is 2.71 bits per heavy atom. The molecular formula is C14H15FNO4P. The maximum absolute atomic E-state index is 14.4. The van der Waals surface area contributed by atoms with Gasteiger partial charge in [0, 0.05) is 17.0 Å². The zero-order valence-corrected chi connectivity index (χ0v) is 12.5. The molecule has 7 heteroatoms. The molecule has 0 radical (unpaired) electrons. The largest absolute Gasteiger partial charge is 0.496 e. The lowest BCUT2D eigenvalue weighted by atomic mass is 10.1. The molecule has 112 valence electrons. The summed E-state index contributed by atoms with van der Waals surface area (Å²) in [6.07, 6.45) is 0.0887. The molecule has 5 nitrogen and oxygen atoms in total. The fourth-order valence-electron chi connectivity index (χ4n) is 2.13. The molecule has 2 N–H and O–H groups in total. The van der Waals surface area contributed by atoms with E-state index >= 15 is 0 Å². The van der Waals surface area contributed by atoms with Gasteiger partial charge in [-0.15, -0.1) is 0 Å². The number of hydrogen-bond donors (Lipinski definition) is 2. The van der Waals surface area contributed by atoms with Crippen LogP contribution in [0.4, 0.5) is 4.39 Å². The Kier molecular flexibility index (Phi) is 4.83. The number of ether oxygens (including phenoxy) is 1. The Balaban J connectivity index is 2.55. The molecule has 1 aromatic carbocycles. The second-order valence-electron chi connectivity index (χ2n) is 4.44. The van der Waals surface area contributed by atoms with Crippen molar-refractivity contribution in [2.24, 2.45) is 0 Å². The van der Waals surface area contributed by atoms with Crippen LogP contribution in [0.15, 0.2) is 18.2 Å². The minimum Gasteiger partial charge on any atom is -0.496 e. The van der Waals surface area contributed by atoms with Gasteiger partial charge in [0.25, 0.3) is 0 Å². The van der Waals surface area contributed by atoms with Crippen molar-refractivity contribution in [1.82, 2.24) is 4.98 Å². The number of aromatic nitrogens is 1. The summed E-state index contributed by atoms with van der Waals surface area (Å²) in [5.41, 5.74) is 0.830. The Morgan fingerprint density at radius 1 is 1.43 bits per heavy atom. The molecule has 0 atom stereocenters. The maximum Gasteiger partial charge on any atom is 0.190 e. The van der Waals surface area contributed by atoms with Crippen molar-refractivity contribution in [3.63, 3.8) is 0 Å². The summed E-state index contributed by atoms with van der Waals surface area (Å²) in [4.78, 5) is 33.6. The Bertz CT molecular complexity index is 690. The number of halogens is 1. The molecule has 0 amide bonds. The third-order valence-electron chi connectivity index (χ3n) is 3.14. The highest BCUT2D eigenvalue weighted by Crippen LogP contribution is 2.30. The molecule has 0 saturated carbocycles. The van der Waals surface area contributed by atoms with Crippen LogP contribution in [0.2, 0.25) is 0 Å². The van der Waals surface area contributed by atoms with E-state index in [-0.39, 0.29) is 11.9 Å². The van der Waals surface area contributed by atoms with Crippen LogP contribution in [0, 0.1) is 5.82 Å². The predicted octanol–water partition coefficient (Wildman–Crippen LogP) is 2.42. The highest BCUT2D eigenvalue weighted by Gasteiger charge is 2.17. The fourth-order valence-corrected chi connectivity index (χ4v) is 2.55. The average molecular weight is 311 g/mol. The number of pyridine rings is 1.